The van der Waals surface area contributed by atoms with E-state index in [2.05, 4.69) is 0 Å². The third kappa shape index (κ3) is 5.53. The van der Waals surface area contributed by atoms with Gasteiger partial charge in [-0.2, -0.15) is 8.42 Å². The van der Waals surface area contributed by atoms with E-state index in [0.29, 0.717) is 13.0 Å². The SMILES string of the molecule is CCC(=O)N(Cc1ccc(OS(=O)(=O)c2ccc(F)cc2)cc1)[C@@H](C)CC. The molecule has 27 heavy (non-hydrogen) atoms. The molecular formula is C20H24FNO4S. The molecule has 0 fully saturated rings. The van der Waals surface area contributed by atoms with Crippen LogP contribution in [-0.4, -0.2) is 25.3 Å². The van der Waals surface area contributed by atoms with Crippen molar-refractivity contribution in [3.8, 4) is 5.75 Å². The molecule has 0 bridgehead atoms. The van der Waals surface area contributed by atoms with E-state index in [0.717, 1.165) is 36.2 Å². The number of nitrogens with zero attached hydrogens (tertiary/aromatic N) is 1. The molecule has 146 valence electrons. The highest BCUT2D eigenvalue weighted by Gasteiger charge is 2.19. The third-order valence-electron chi connectivity index (χ3n) is 4.33. The van der Waals surface area contributed by atoms with Gasteiger partial charge in [0.1, 0.15) is 16.5 Å². The van der Waals surface area contributed by atoms with Crippen molar-refractivity contribution < 1.29 is 21.8 Å². The van der Waals surface area contributed by atoms with Crippen LogP contribution in [0.15, 0.2) is 53.4 Å². The Labute approximate surface area is 159 Å². The predicted molar refractivity (Wildman–Crippen MR) is 101 cm³/mol. The third-order valence-corrected chi connectivity index (χ3v) is 5.59. The topological polar surface area (TPSA) is 63.7 Å². The van der Waals surface area contributed by atoms with Crippen LogP contribution in [0.3, 0.4) is 0 Å². The quantitative estimate of drug-likeness (QED) is 0.633. The molecule has 0 aliphatic carbocycles. The fourth-order valence-corrected chi connectivity index (χ4v) is 3.47. The lowest BCUT2D eigenvalue weighted by Crippen LogP contribution is -2.37. The first-order chi connectivity index (χ1) is 12.8. The summed E-state index contributed by atoms with van der Waals surface area (Å²) in [5, 5.41) is 0. The second-order valence-corrected chi connectivity index (χ2v) is 7.81. The number of rotatable bonds is 8. The van der Waals surface area contributed by atoms with Crippen LogP contribution >= 0.6 is 0 Å². The zero-order valence-electron chi connectivity index (χ0n) is 15.7. The van der Waals surface area contributed by atoms with Crippen LogP contribution in [0.2, 0.25) is 0 Å². The number of benzene rings is 2. The van der Waals surface area contributed by atoms with Crippen molar-refractivity contribution in [3.05, 3.63) is 59.9 Å². The van der Waals surface area contributed by atoms with Crippen molar-refractivity contribution in [2.24, 2.45) is 0 Å². The second kappa shape index (κ2) is 8.99. The van der Waals surface area contributed by atoms with Crippen molar-refractivity contribution in [2.45, 2.75) is 51.1 Å². The molecular weight excluding hydrogens is 369 g/mol. The normalized spacial score (nSPS) is 12.4. The highest BCUT2D eigenvalue weighted by atomic mass is 32.2. The summed E-state index contributed by atoms with van der Waals surface area (Å²) in [4.78, 5) is 13.8. The summed E-state index contributed by atoms with van der Waals surface area (Å²) in [6.07, 6.45) is 1.28. The van der Waals surface area contributed by atoms with Gasteiger partial charge in [-0.25, -0.2) is 4.39 Å². The molecule has 0 aromatic heterocycles. The molecule has 7 heteroatoms. The van der Waals surface area contributed by atoms with Crippen molar-refractivity contribution in [3.63, 3.8) is 0 Å². The molecule has 0 unspecified atom stereocenters. The molecule has 0 aliphatic heterocycles. The summed E-state index contributed by atoms with van der Waals surface area (Å²) in [6.45, 7) is 6.31. The Balaban J connectivity index is 2.12. The van der Waals surface area contributed by atoms with Crippen molar-refractivity contribution in [1.82, 2.24) is 4.90 Å². The Morgan fingerprint density at radius 2 is 1.67 bits per heavy atom. The van der Waals surface area contributed by atoms with Crippen molar-refractivity contribution in [2.75, 3.05) is 0 Å². The Kier molecular flexibility index (Phi) is 6.96. The zero-order valence-corrected chi connectivity index (χ0v) is 16.5. The zero-order chi connectivity index (χ0) is 20.0. The summed E-state index contributed by atoms with van der Waals surface area (Å²) in [5.41, 5.74) is 0.878. The van der Waals surface area contributed by atoms with Crippen LogP contribution < -0.4 is 4.18 Å². The van der Waals surface area contributed by atoms with Crippen LogP contribution in [0.25, 0.3) is 0 Å². The molecule has 1 amide bonds. The maximum absolute atomic E-state index is 13.0. The smallest absolute Gasteiger partial charge is 0.339 e. The van der Waals surface area contributed by atoms with Crippen molar-refractivity contribution in [1.29, 1.82) is 0 Å². The minimum Gasteiger partial charge on any atom is -0.379 e. The molecule has 1 atom stereocenters. The Morgan fingerprint density at radius 3 is 2.19 bits per heavy atom. The van der Waals surface area contributed by atoms with Gasteiger partial charge >= 0.3 is 10.1 Å². The summed E-state index contributed by atoms with van der Waals surface area (Å²) in [6, 6.07) is 11.1. The molecule has 0 radical (unpaired) electrons. The molecule has 0 N–H and O–H groups in total. The van der Waals surface area contributed by atoms with E-state index in [-0.39, 0.29) is 22.6 Å². The van der Waals surface area contributed by atoms with Gasteiger partial charge in [-0.05, 0) is 55.3 Å². The van der Waals surface area contributed by atoms with Gasteiger partial charge in [-0.3, -0.25) is 4.79 Å². The van der Waals surface area contributed by atoms with E-state index >= 15 is 0 Å². The molecule has 0 heterocycles. The van der Waals surface area contributed by atoms with Gasteiger partial charge in [-0.1, -0.05) is 26.0 Å². The van der Waals surface area contributed by atoms with E-state index in [1.54, 1.807) is 24.3 Å². The number of carbonyl (C=O) groups is 1. The predicted octanol–water partition coefficient (Wildman–Crippen LogP) is 4.13. The van der Waals surface area contributed by atoms with Gasteiger partial charge in [-0.15, -0.1) is 0 Å². The molecule has 0 saturated heterocycles. The van der Waals surface area contributed by atoms with Gasteiger partial charge < -0.3 is 9.08 Å². The summed E-state index contributed by atoms with van der Waals surface area (Å²) >= 11 is 0. The van der Waals surface area contributed by atoms with E-state index in [1.165, 1.54) is 0 Å². The summed E-state index contributed by atoms with van der Waals surface area (Å²) in [7, 11) is -4.03. The fraction of sp³-hybridized carbons (Fsp3) is 0.350. The lowest BCUT2D eigenvalue weighted by Gasteiger charge is -2.28. The van der Waals surface area contributed by atoms with Crippen LogP contribution in [-0.2, 0) is 21.5 Å². The van der Waals surface area contributed by atoms with E-state index < -0.39 is 15.9 Å². The molecule has 0 spiro atoms. The maximum Gasteiger partial charge on any atom is 0.339 e. The first kappa shape index (κ1) is 20.9. The first-order valence-corrected chi connectivity index (χ1v) is 10.3. The molecule has 0 aliphatic rings. The minimum atomic E-state index is -4.03. The number of hydrogen-bond donors (Lipinski definition) is 0. The molecule has 2 aromatic rings. The second-order valence-electron chi connectivity index (χ2n) is 6.27. The standard InChI is InChI=1S/C20H24FNO4S/c1-4-15(3)22(20(23)5-2)14-16-6-10-18(11-7-16)26-27(24,25)19-12-8-17(21)9-13-19/h6-13,15H,4-5,14H2,1-3H3/t15-/m0/s1. The Morgan fingerprint density at radius 1 is 1.07 bits per heavy atom. The van der Waals surface area contributed by atoms with E-state index in [1.807, 2.05) is 25.7 Å². The van der Waals surface area contributed by atoms with Crippen LogP contribution in [0.5, 0.6) is 5.75 Å². The number of carbonyl (C=O) groups excluding carboxylic acids is 1. The van der Waals surface area contributed by atoms with Gasteiger partial charge in [0, 0.05) is 19.0 Å². The van der Waals surface area contributed by atoms with E-state index in [4.69, 9.17) is 4.18 Å². The number of hydrogen-bond acceptors (Lipinski definition) is 4. The Bertz CT molecular complexity index is 864. The summed E-state index contributed by atoms with van der Waals surface area (Å²) < 4.78 is 42.5. The molecule has 2 rings (SSSR count). The van der Waals surface area contributed by atoms with Gasteiger partial charge in [0.15, 0.2) is 0 Å². The highest BCUT2D eigenvalue weighted by molar-refractivity contribution is 7.87. The average Bonchev–Trinajstić information content (AvgIpc) is 2.66. The van der Waals surface area contributed by atoms with E-state index in [9.17, 15) is 17.6 Å². The molecule has 5 nitrogen and oxygen atoms in total. The fourth-order valence-electron chi connectivity index (χ4n) is 2.54. The lowest BCUT2D eigenvalue weighted by atomic mass is 10.1. The van der Waals surface area contributed by atoms with Crippen LogP contribution in [0.4, 0.5) is 4.39 Å². The minimum absolute atomic E-state index is 0.0727. The average molecular weight is 393 g/mol. The summed E-state index contributed by atoms with van der Waals surface area (Å²) in [5.74, 6) is -0.297. The lowest BCUT2D eigenvalue weighted by molar-refractivity contribution is -0.133. The van der Waals surface area contributed by atoms with Crippen molar-refractivity contribution >= 4 is 16.0 Å². The van der Waals surface area contributed by atoms with Gasteiger partial charge in [0.05, 0.1) is 0 Å². The largest absolute Gasteiger partial charge is 0.379 e. The maximum atomic E-state index is 13.0. The number of halogens is 1. The monoisotopic (exact) mass is 393 g/mol. The highest BCUT2D eigenvalue weighted by Crippen LogP contribution is 2.21. The molecule has 0 saturated carbocycles. The first-order valence-electron chi connectivity index (χ1n) is 8.85. The van der Waals surface area contributed by atoms with Crippen LogP contribution in [0, 0.1) is 5.82 Å². The molecule has 2 aromatic carbocycles. The Hall–Kier alpha value is -2.41. The van der Waals surface area contributed by atoms with Gasteiger partial charge in [0.25, 0.3) is 0 Å². The van der Waals surface area contributed by atoms with Crippen LogP contribution in [0.1, 0.15) is 39.2 Å². The van der Waals surface area contributed by atoms with Gasteiger partial charge in [0.2, 0.25) is 5.91 Å². The number of amides is 1.